The van der Waals surface area contributed by atoms with Crippen molar-refractivity contribution in [1.29, 1.82) is 0 Å². The molecule has 7 nitrogen and oxygen atoms in total. The summed E-state index contributed by atoms with van der Waals surface area (Å²) in [4.78, 5) is 20.0. The summed E-state index contributed by atoms with van der Waals surface area (Å²) in [7, 11) is -0.367. The number of rotatable bonds is 3. The average molecular weight is 481 g/mol. The molecule has 6 unspecified atom stereocenters. The van der Waals surface area contributed by atoms with Gasteiger partial charge in [-0.3, -0.25) is 0 Å². The molecule has 1 amide bonds. The van der Waals surface area contributed by atoms with E-state index in [9.17, 15) is 4.79 Å². The van der Waals surface area contributed by atoms with Gasteiger partial charge in [0.05, 0.1) is 11.2 Å². The first-order valence-corrected chi connectivity index (χ1v) is 13.4. The zero-order valence-electron chi connectivity index (χ0n) is 22.3. The molecule has 6 atom stereocenters. The Labute approximate surface area is 209 Å². The van der Waals surface area contributed by atoms with Crippen LogP contribution in [0.5, 0.6) is 0 Å². The molecule has 4 heterocycles. The maximum atomic E-state index is 12.6. The lowest BCUT2D eigenvalue weighted by Crippen LogP contribution is -2.69. The second kappa shape index (κ2) is 7.38. The van der Waals surface area contributed by atoms with Crippen LogP contribution >= 0.6 is 0 Å². The molecule has 0 aromatic carbocycles. The molecule has 3 aliphatic heterocycles. The molecule has 6 fully saturated rings. The van der Waals surface area contributed by atoms with E-state index in [-0.39, 0.29) is 30.0 Å². The number of pyridine rings is 1. The second-order valence-corrected chi connectivity index (χ2v) is 13.4. The van der Waals surface area contributed by atoms with Crippen LogP contribution in [0.2, 0.25) is 0 Å². The third kappa shape index (κ3) is 3.46. The highest BCUT2D eigenvalue weighted by atomic mass is 16.7. The van der Waals surface area contributed by atoms with Crippen LogP contribution in [0.4, 0.5) is 10.6 Å². The van der Waals surface area contributed by atoms with Gasteiger partial charge in [-0.25, -0.2) is 9.78 Å². The van der Waals surface area contributed by atoms with E-state index in [0.29, 0.717) is 29.8 Å². The van der Waals surface area contributed by atoms with Crippen LogP contribution in [-0.4, -0.2) is 52.6 Å². The predicted molar refractivity (Wildman–Crippen MR) is 136 cm³/mol. The Morgan fingerprint density at radius 1 is 1.09 bits per heavy atom. The summed E-state index contributed by atoms with van der Waals surface area (Å²) in [6.07, 6.45) is 6.94. The van der Waals surface area contributed by atoms with Gasteiger partial charge in [0.25, 0.3) is 0 Å². The van der Waals surface area contributed by atoms with Crippen molar-refractivity contribution in [3.05, 3.63) is 18.3 Å². The minimum atomic E-state index is -0.485. The lowest BCUT2D eigenvalue weighted by atomic mass is 9.53. The molecule has 1 N–H and O–H groups in total. The lowest BCUT2D eigenvalue weighted by molar-refractivity contribution is -0.202. The molecule has 190 valence electrons. The molecule has 6 aliphatic rings. The number of anilines is 1. The first kappa shape index (κ1) is 23.6. The van der Waals surface area contributed by atoms with Crippen LogP contribution in [0, 0.1) is 17.8 Å². The Hall–Kier alpha value is -1.80. The van der Waals surface area contributed by atoms with Crippen molar-refractivity contribution < 1.29 is 18.8 Å². The van der Waals surface area contributed by atoms with Crippen molar-refractivity contribution in [1.82, 2.24) is 10.3 Å². The summed E-state index contributed by atoms with van der Waals surface area (Å²) in [6, 6.07) is 5.04. The summed E-state index contributed by atoms with van der Waals surface area (Å²) in [5, 5.41) is 3.29. The zero-order chi connectivity index (χ0) is 25.0. The highest BCUT2D eigenvalue weighted by molar-refractivity contribution is 6.62. The molecule has 0 spiro atoms. The number of nitrogens with zero attached hydrogens (tertiary/aromatic N) is 2. The SMILES string of the molecule is CC1C(C)C2(C)OB(c3ccc(N4C5CC6CC4CC(NC(=O)OC(C)(C)C)(C6)C5)nc3)OC12C. The number of carbonyl (C=O) groups is 1. The maximum absolute atomic E-state index is 12.6. The quantitative estimate of drug-likeness (QED) is 0.657. The Balaban J connectivity index is 1.17. The highest BCUT2D eigenvalue weighted by Gasteiger charge is 2.71. The summed E-state index contributed by atoms with van der Waals surface area (Å²) in [5.41, 5.74) is -0.163. The Morgan fingerprint density at radius 2 is 1.69 bits per heavy atom. The molecule has 35 heavy (non-hydrogen) atoms. The van der Waals surface area contributed by atoms with Crippen LogP contribution in [0.25, 0.3) is 0 Å². The van der Waals surface area contributed by atoms with Gasteiger partial charge in [-0.2, -0.15) is 0 Å². The van der Waals surface area contributed by atoms with E-state index < -0.39 is 5.60 Å². The van der Waals surface area contributed by atoms with Crippen LogP contribution in [-0.2, 0) is 14.0 Å². The smallest absolute Gasteiger partial charge is 0.444 e. The van der Waals surface area contributed by atoms with E-state index in [1.807, 2.05) is 27.0 Å². The number of nitrogens with one attached hydrogen (secondary N) is 1. The number of carbonyl (C=O) groups excluding carboxylic acids is 1. The van der Waals surface area contributed by atoms with E-state index in [4.69, 9.17) is 19.0 Å². The molecule has 3 aliphatic carbocycles. The molecular formula is C27H40BN3O4. The number of alkyl carbamates (subject to hydrolysis) is 1. The lowest BCUT2D eigenvalue weighted by Gasteiger charge is -2.61. The van der Waals surface area contributed by atoms with Gasteiger partial charge in [-0.15, -0.1) is 0 Å². The van der Waals surface area contributed by atoms with Gasteiger partial charge in [0.2, 0.25) is 0 Å². The van der Waals surface area contributed by atoms with Crippen LogP contribution < -0.4 is 15.7 Å². The van der Waals surface area contributed by atoms with Crippen LogP contribution in [0.3, 0.4) is 0 Å². The van der Waals surface area contributed by atoms with Crippen molar-refractivity contribution in [3.63, 3.8) is 0 Å². The third-order valence-corrected chi connectivity index (χ3v) is 10.2. The maximum Gasteiger partial charge on any atom is 0.496 e. The number of ether oxygens (including phenoxy) is 1. The number of hydrogen-bond acceptors (Lipinski definition) is 6. The van der Waals surface area contributed by atoms with Gasteiger partial charge < -0.3 is 24.3 Å². The summed E-state index contributed by atoms with van der Waals surface area (Å²) < 4.78 is 18.5. The van der Waals surface area contributed by atoms with E-state index >= 15 is 0 Å². The number of amides is 1. The van der Waals surface area contributed by atoms with Gasteiger partial charge in [0, 0.05) is 29.3 Å². The molecule has 1 aromatic rings. The van der Waals surface area contributed by atoms with Crippen molar-refractivity contribution in [3.8, 4) is 0 Å². The van der Waals surface area contributed by atoms with E-state index in [2.05, 4.69) is 50.0 Å². The van der Waals surface area contributed by atoms with Gasteiger partial charge >= 0.3 is 13.2 Å². The van der Waals surface area contributed by atoms with Crippen molar-refractivity contribution in [2.75, 3.05) is 4.90 Å². The Bertz CT molecular complexity index is 990. The number of piperidine rings is 2. The number of hydrogen-bond donors (Lipinski definition) is 1. The first-order chi connectivity index (χ1) is 16.3. The highest BCUT2D eigenvalue weighted by Crippen LogP contribution is 2.60. The fourth-order valence-electron chi connectivity index (χ4n) is 8.18. The molecule has 0 radical (unpaired) electrons. The van der Waals surface area contributed by atoms with Crippen LogP contribution in [0.15, 0.2) is 18.3 Å². The normalized spacial score (nSPS) is 43.7. The van der Waals surface area contributed by atoms with Crippen molar-refractivity contribution in [2.24, 2.45) is 17.8 Å². The summed E-state index contributed by atoms with van der Waals surface area (Å²) >= 11 is 0. The summed E-state index contributed by atoms with van der Waals surface area (Å²) in [5.74, 6) is 2.60. The monoisotopic (exact) mass is 481 g/mol. The summed E-state index contributed by atoms with van der Waals surface area (Å²) in [6.45, 7) is 14.6. The molecule has 4 bridgehead atoms. The van der Waals surface area contributed by atoms with Gasteiger partial charge in [0.1, 0.15) is 11.4 Å². The number of aromatic nitrogens is 1. The molecule has 8 heteroatoms. The molecule has 3 saturated carbocycles. The van der Waals surface area contributed by atoms with Gasteiger partial charge in [-0.05, 0) is 90.5 Å². The van der Waals surface area contributed by atoms with E-state index in [1.54, 1.807) is 0 Å². The molecule has 7 rings (SSSR count). The standard InChI is InChI=1S/C27H40BN3O4/c1-16-17(2)26(7)25(16,6)34-28(35-26)19-8-9-22(29-15-19)31-20-10-18-11-21(31)14-27(12-18,13-20)30-23(32)33-24(3,4)5/h8-9,15-18,20-21H,10-14H2,1-7H3,(H,30,32). The van der Waals surface area contributed by atoms with E-state index in [0.717, 1.165) is 30.5 Å². The number of fused-ring (bicyclic) bond motifs is 1. The van der Waals surface area contributed by atoms with Gasteiger partial charge in [0.15, 0.2) is 0 Å². The van der Waals surface area contributed by atoms with Gasteiger partial charge in [-0.1, -0.05) is 19.9 Å². The second-order valence-electron chi connectivity index (χ2n) is 13.4. The fourth-order valence-corrected chi connectivity index (χ4v) is 8.18. The predicted octanol–water partition coefficient (Wildman–Crippen LogP) is 4.04. The van der Waals surface area contributed by atoms with E-state index in [1.165, 1.54) is 12.8 Å². The third-order valence-electron chi connectivity index (χ3n) is 10.2. The largest absolute Gasteiger partial charge is 0.496 e. The van der Waals surface area contributed by atoms with Crippen molar-refractivity contribution in [2.45, 2.75) is 115 Å². The Morgan fingerprint density at radius 3 is 2.20 bits per heavy atom. The zero-order valence-corrected chi connectivity index (χ0v) is 22.3. The first-order valence-electron chi connectivity index (χ1n) is 13.4. The minimum absolute atomic E-state index is 0.154. The fraction of sp³-hybridized carbons (Fsp3) is 0.778. The Kier molecular flexibility index (Phi) is 4.97. The molecule has 1 aromatic heterocycles. The molecular weight excluding hydrogens is 441 g/mol. The van der Waals surface area contributed by atoms with Crippen molar-refractivity contribution >= 4 is 24.5 Å². The molecule has 3 saturated heterocycles. The topological polar surface area (TPSA) is 72.9 Å². The van der Waals surface area contributed by atoms with Crippen LogP contribution in [0.1, 0.15) is 80.6 Å². The average Bonchev–Trinajstić information content (AvgIpc) is 3.00. The minimum Gasteiger partial charge on any atom is -0.444 e.